The molecule has 0 fully saturated rings. The molecule has 1 aromatic rings. The van der Waals surface area contributed by atoms with Gasteiger partial charge in [-0.2, -0.15) is 0 Å². The Morgan fingerprint density at radius 1 is 1.37 bits per heavy atom. The summed E-state index contributed by atoms with van der Waals surface area (Å²) in [6.07, 6.45) is 0.466. The van der Waals surface area contributed by atoms with Crippen LogP contribution in [0.25, 0.3) is 0 Å². The number of nitrogens with zero attached hydrogens (tertiary/aromatic N) is 1. The Labute approximate surface area is 110 Å². The summed E-state index contributed by atoms with van der Waals surface area (Å²) in [6, 6.07) is 5.14. The fraction of sp³-hybridized carbons (Fsp3) is 0.385. The van der Waals surface area contributed by atoms with E-state index in [4.69, 9.17) is 14.6 Å². The van der Waals surface area contributed by atoms with Gasteiger partial charge in [-0.05, 0) is 18.6 Å². The van der Waals surface area contributed by atoms with E-state index >= 15 is 0 Å². The van der Waals surface area contributed by atoms with Gasteiger partial charge < -0.3 is 19.5 Å². The third-order valence-electron chi connectivity index (χ3n) is 2.86. The first-order valence-electron chi connectivity index (χ1n) is 5.95. The van der Waals surface area contributed by atoms with Crippen LogP contribution in [0.3, 0.4) is 0 Å². The highest BCUT2D eigenvalue weighted by Crippen LogP contribution is 2.35. The molecule has 6 nitrogen and oxygen atoms in total. The van der Waals surface area contributed by atoms with Crippen molar-refractivity contribution in [1.82, 2.24) is 4.90 Å². The summed E-state index contributed by atoms with van der Waals surface area (Å²) in [5.41, 5.74) is 0.438. The molecule has 1 aliphatic heterocycles. The first-order valence-corrected chi connectivity index (χ1v) is 5.95. The highest BCUT2D eigenvalue weighted by atomic mass is 16.7. The quantitative estimate of drug-likeness (QED) is 0.869. The van der Waals surface area contributed by atoms with Crippen LogP contribution >= 0.6 is 0 Å². The van der Waals surface area contributed by atoms with Gasteiger partial charge in [0, 0.05) is 20.0 Å². The minimum atomic E-state index is -0.863. The Morgan fingerprint density at radius 2 is 2.16 bits per heavy atom. The van der Waals surface area contributed by atoms with Crippen molar-refractivity contribution in [2.45, 2.75) is 12.8 Å². The summed E-state index contributed by atoms with van der Waals surface area (Å²) in [5.74, 6) is -0.0479. The molecule has 1 aromatic carbocycles. The van der Waals surface area contributed by atoms with Gasteiger partial charge >= 0.3 is 5.97 Å². The van der Waals surface area contributed by atoms with E-state index in [1.807, 2.05) is 0 Å². The number of aliphatic carboxylic acids is 1. The zero-order chi connectivity index (χ0) is 13.8. The Bertz CT molecular complexity index is 500. The molecule has 1 amide bonds. The lowest BCUT2D eigenvalue weighted by Gasteiger charge is -2.17. The highest BCUT2D eigenvalue weighted by molar-refractivity contribution is 5.97. The lowest BCUT2D eigenvalue weighted by Crippen LogP contribution is -2.28. The second-order valence-corrected chi connectivity index (χ2v) is 4.26. The van der Waals surface area contributed by atoms with Crippen molar-refractivity contribution in [2.75, 3.05) is 20.4 Å². The first kappa shape index (κ1) is 13.2. The number of hydrogen-bond donors (Lipinski definition) is 1. The van der Waals surface area contributed by atoms with E-state index < -0.39 is 5.97 Å². The van der Waals surface area contributed by atoms with Gasteiger partial charge in [0.1, 0.15) is 0 Å². The van der Waals surface area contributed by atoms with Gasteiger partial charge in [-0.25, -0.2) is 0 Å². The van der Waals surface area contributed by atoms with Crippen LogP contribution in [0.15, 0.2) is 18.2 Å². The molecule has 1 aliphatic rings. The number of rotatable bonds is 5. The van der Waals surface area contributed by atoms with Gasteiger partial charge in [0.25, 0.3) is 5.91 Å². The number of para-hydroxylation sites is 1. The average molecular weight is 265 g/mol. The monoisotopic (exact) mass is 265 g/mol. The lowest BCUT2D eigenvalue weighted by molar-refractivity contribution is -0.137. The van der Waals surface area contributed by atoms with Gasteiger partial charge in [-0.1, -0.05) is 6.07 Å². The van der Waals surface area contributed by atoms with Gasteiger partial charge in [0.05, 0.1) is 5.56 Å². The number of benzene rings is 1. The third-order valence-corrected chi connectivity index (χ3v) is 2.86. The van der Waals surface area contributed by atoms with E-state index in [2.05, 4.69) is 0 Å². The van der Waals surface area contributed by atoms with Crippen molar-refractivity contribution in [3.05, 3.63) is 23.8 Å². The predicted molar refractivity (Wildman–Crippen MR) is 66.4 cm³/mol. The zero-order valence-corrected chi connectivity index (χ0v) is 10.6. The van der Waals surface area contributed by atoms with Crippen molar-refractivity contribution in [3.8, 4) is 11.5 Å². The van der Waals surface area contributed by atoms with E-state index in [9.17, 15) is 9.59 Å². The number of carbonyl (C=O) groups excluding carboxylic acids is 1. The number of ether oxygens (including phenoxy) is 2. The molecule has 0 aromatic heterocycles. The van der Waals surface area contributed by atoms with Crippen LogP contribution in [0, 0.1) is 0 Å². The molecule has 0 spiro atoms. The standard InChI is InChI=1S/C13H15NO5/c1-14(7-3-6-11(15)16)13(17)9-4-2-5-10-12(9)19-8-18-10/h2,4-5H,3,6-8H2,1H3,(H,15,16). The zero-order valence-electron chi connectivity index (χ0n) is 10.6. The highest BCUT2D eigenvalue weighted by Gasteiger charge is 2.23. The molecule has 2 rings (SSSR count). The van der Waals surface area contributed by atoms with Gasteiger partial charge in [-0.15, -0.1) is 0 Å². The predicted octanol–water partition coefficient (Wildman–Crippen LogP) is 1.35. The number of carbonyl (C=O) groups is 2. The van der Waals surface area contributed by atoms with E-state index in [-0.39, 0.29) is 19.1 Å². The second-order valence-electron chi connectivity index (χ2n) is 4.26. The molecule has 0 radical (unpaired) electrons. The van der Waals surface area contributed by atoms with Crippen molar-refractivity contribution in [3.63, 3.8) is 0 Å². The van der Waals surface area contributed by atoms with Crippen molar-refractivity contribution in [2.24, 2.45) is 0 Å². The van der Waals surface area contributed by atoms with E-state index in [1.165, 1.54) is 4.90 Å². The molecular weight excluding hydrogens is 250 g/mol. The summed E-state index contributed by atoms with van der Waals surface area (Å²) >= 11 is 0. The summed E-state index contributed by atoms with van der Waals surface area (Å²) < 4.78 is 10.5. The molecular formula is C13H15NO5. The Morgan fingerprint density at radius 3 is 2.89 bits per heavy atom. The molecule has 102 valence electrons. The summed E-state index contributed by atoms with van der Waals surface area (Å²) in [4.78, 5) is 24.1. The van der Waals surface area contributed by atoms with Gasteiger partial charge in [0.2, 0.25) is 6.79 Å². The van der Waals surface area contributed by atoms with E-state index in [1.54, 1.807) is 25.2 Å². The second kappa shape index (κ2) is 5.60. The normalized spacial score (nSPS) is 12.3. The molecule has 0 saturated heterocycles. The summed E-state index contributed by atoms with van der Waals surface area (Å²) in [7, 11) is 1.64. The number of hydrogen-bond acceptors (Lipinski definition) is 4. The van der Waals surface area contributed by atoms with Crippen molar-refractivity contribution < 1.29 is 24.2 Å². The lowest BCUT2D eigenvalue weighted by atomic mass is 10.1. The maximum Gasteiger partial charge on any atom is 0.303 e. The Hall–Kier alpha value is -2.24. The molecule has 6 heteroatoms. The molecule has 1 heterocycles. The third kappa shape index (κ3) is 2.96. The number of fused-ring (bicyclic) bond motifs is 1. The number of amides is 1. The van der Waals surface area contributed by atoms with E-state index in [0.717, 1.165) is 0 Å². The van der Waals surface area contributed by atoms with Gasteiger partial charge in [-0.3, -0.25) is 9.59 Å². The number of carboxylic acid groups (broad SMARTS) is 1. The SMILES string of the molecule is CN(CCCC(=O)O)C(=O)c1cccc2c1OCO2. The van der Waals surface area contributed by atoms with Crippen LogP contribution in [0.4, 0.5) is 0 Å². The van der Waals surface area contributed by atoms with Crippen LogP contribution in [-0.2, 0) is 4.79 Å². The van der Waals surface area contributed by atoms with Gasteiger partial charge in [0.15, 0.2) is 11.5 Å². The minimum absolute atomic E-state index is 0.0458. The van der Waals surface area contributed by atoms with Crippen LogP contribution in [0.1, 0.15) is 23.2 Å². The molecule has 0 saturated carbocycles. The molecule has 1 N–H and O–H groups in total. The molecule has 0 aliphatic carbocycles. The first-order chi connectivity index (χ1) is 9.09. The largest absolute Gasteiger partial charge is 0.481 e. The van der Waals surface area contributed by atoms with Crippen molar-refractivity contribution in [1.29, 1.82) is 0 Å². The van der Waals surface area contributed by atoms with Crippen LogP contribution in [0.2, 0.25) is 0 Å². The number of carboxylic acids is 1. The van der Waals surface area contributed by atoms with Crippen LogP contribution in [-0.4, -0.2) is 42.3 Å². The smallest absolute Gasteiger partial charge is 0.303 e. The summed E-state index contributed by atoms with van der Waals surface area (Å²) in [5, 5.41) is 8.57. The molecule has 19 heavy (non-hydrogen) atoms. The van der Waals surface area contributed by atoms with E-state index in [0.29, 0.717) is 30.0 Å². The topological polar surface area (TPSA) is 76.1 Å². The Kier molecular flexibility index (Phi) is 3.89. The average Bonchev–Trinajstić information content (AvgIpc) is 2.85. The molecule has 0 atom stereocenters. The van der Waals surface area contributed by atoms with Crippen LogP contribution in [0.5, 0.6) is 11.5 Å². The Balaban J connectivity index is 2.03. The maximum absolute atomic E-state index is 12.2. The summed E-state index contributed by atoms with van der Waals surface area (Å²) in [6.45, 7) is 0.498. The van der Waals surface area contributed by atoms with Crippen LogP contribution < -0.4 is 9.47 Å². The fourth-order valence-electron chi connectivity index (χ4n) is 1.87. The molecule has 0 unspecified atom stereocenters. The van der Waals surface area contributed by atoms with Crippen molar-refractivity contribution >= 4 is 11.9 Å². The molecule has 0 bridgehead atoms. The maximum atomic E-state index is 12.2. The minimum Gasteiger partial charge on any atom is -0.481 e. The fourth-order valence-corrected chi connectivity index (χ4v) is 1.87.